The molecule has 4 heteroatoms. The molecule has 19 heavy (non-hydrogen) atoms. The Morgan fingerprint density at radius 1 is 1.21 bits per heavy atom. The highest BCUT2D eigenvalue weighted by molar-refractivity contribution is 7.99. The fourth-order valence-electron chi connectivity index (χ4n) is 2.30. The van der Waals surface area contributed by atoms with Gasteiger partial charge in [0.2, 0.25) is 0 Å². The van der Waals surface area contributed by atoms with E-state index in [1.165, 1.54) is 5.75 Å². The Hall–Kier alpha value is -0.770. The van der Waals surface area contributed by atoms with Crippen LogP contribution in [0.4, 0.5) is 0 Å². The van der Waals surface area contributed by atoms with Crippen LogP contribution in [0, 0.1) is 0 Å². The molecule has 3 nitrogen and oxygen atoms in total. The Labute approximate surface area is 121 Å². The van der Waals surface area contributed by atoms with Crippen molar-refractivity contribution in [3.8, 4) is 0 Å². The van der Waals surface area contributed by atoms with Crippen molar-refractivity contribution in [2.75, 3.05) is 11.5 Å². The van der Waals surface area contributed by atoms with E-state index in [1.54, 1.807) is 0 Å². The van der Waals surface area contributed by atoms with Crippen molar-refractivity contribution >= 4 is 17.5 Å². The molecular formula is C15H26N2OS. The molecule has 0 unspecified atom stereocenters. The molecule has 0 saturated heterocycles. The average Bonchev–Trinajstić information content (AvgIpc) is 2.80. The first kappa shape index (κ1) is 16.3. The van der Waals surface area contributed by atoms with E-state index in [1.807, 2.05) is 18.7 Å². The molecule has 0 spiro atoms. The maximum atomic E-state index is 12.1. The summed E-state index contributed by atoms with van der Waals surface area (Å²) in [4.78, 5) is 12.1. The number of aromatic nitrogens is 2. The lowest BCUT2D eigenvalue weighted by atomic mass is 10.0. The monoisotopic (exact) mass is 282 g/mol. The molecule has 0 aromatic carbocycles. The van der Waals surface area contributed by atoms with Crippen LogP contribution in [-0.2, 0) is 19.4 Å². The van der Waals surface area contributed by atoms with Gasteiger partial charge in [-0.15, -0.1) is 0 Å². The van der Waals surface area contributed by atoms with E-state index in [9.17, 15) is 4.79 Å². The maximum Gasteiger partial charge on any atom is 0.166 e. The van der Waals surface area contributed by atoms with E-state index in [4.69, 9.17) is 0 Å². The summed E-state index contributed by atoms with van der Waals surface area (Å²) in [5.74, 6) is 2.57. The Morgan fingerprint density at radius 2 is 1.95 bits per heavy atom. The molecule has 1 aromatic rings. The van der Waals surface area contributed by atoms with Crippen LogP contribution in [0.15, 0.2) is 0 Å². The minimum Gasteiger partial charge on any atom is -0.294 e. The lowest BCUT2D eigenvalue weighted by Gasteiger charge is -2.07. The van der Waals surface area contributed by atoms with Gasteiger partial charge in [0.05, 0.1) is 11.3 Å². The van der Waals surface area contributed by atoms with Crippen LogP contribution >= 0.6 is 11.8 Å². The average molecular weight is 282 g/mol. The molecule has 0 atom stereocenters. The van der Waals surface area contributed by atoms with Crippen LogP contribution in [0.2, 0.25) is 0 Å². The van der Waals surface area contributed by atoms with Crippen LogP contribution in [-0.4, -0.2) is 27.1 Å². The third kappa shape index (κ3) is 4.10. The van der Waals surface area contributed by atoms with Crippen molar-refractivity contribution in [3.63, 3.8) is 0 Å². The number of rotatable bonds is 9. The zero-order chi connectivity index (χ0) is 14.3. The van der Waals surface area contributed by atoms with Crippen LogP contribution in [0.3, 0.4) is 0 Å². The van der Waals surface area contributed by atoms with Gasteiger partial charge in [0, 0.05) is 18.7 Å². The summed E-state index contributed by atoms with van der Waals surface area (Å²) in [5, 5.41) is 4.65. The standard InChI is InChI=1S/C15H26N2OS/c1-5-12-15(14(18)7-3)13(6-2)17(16-12)10-9-11-19-8-4/h5-11H2,1-4H3. The number of hydrogen-bond donors (Lipinski definition) is 0. The molecule has 0 aliphatic rings. The fraction of sp³-hybridized carbons (Fsp3) is 0.733. The Kier molecular flexibility index (Phi) is 7.21. The smallest absolute Gasteiger partial charge is 0.166 e. The summed E-state index contributed by atoms with van der Waals surface area (Å²) in [6, 6.07) is 0. The van der Waals surface area contributed by atoms with Gasteiger partial charge in [-0.25, -0.2) is 0 Å². The fourth-order valence-corrected chi connectivity index (χ4v) is 2.92. The number of hydrogen-bond acceptors (Lipinski definition) is 3. The number of aryl methyl sites for hydroxylation is 2. The molecule has 0 N–H and O–H groups in total. The third-order valence-electron chi connectivity index (χ3n) is 3.26. The van der Waals surface area contributed by atoms with E-state index in [0.717, 1.165) is 48.5 Å². The number of carbonyl (C=O) groups excluding carboxylic acids is 1. The van der Waals surface area contributed by atoms with E-state index in [-0.39, 0.29) is 5.78 Å². The summed E-state index contributed by atoms with van der Waals surface area (Å²) in [6.07, 6.45) is 3.41. The minimum atomic E-state index is 0.239. The lowest BCUT2D eigenvalue weighted by molar-refractivity contribution is 0.0986. The van der Waals surface area contributed by atoms with Crippen molar-refractivity contribution in [2.24, 2.45) is 0 Å². The topological polar surface area (TPSA) is 34.9 Å². The van der Waals surface area contributed by atoms with Gasteiger partial charge in [-0.1, -0.05) is 27.7 Å². The van der Waals surface area contributed by atoms with Crippen LogP contribution in [0.1, 0.15) is 62.3 Å². The Balaban J connectivity index is 2.92. The van der Waals surface area contributed by atoms with Crippen molar-refractivity contribution in [3.05, 3.63) is 17.0 Å². The predicted molar refractivity (Wildman–Crippen MR) is 83.2 cm³/mol. The Bertz CT molecular complexity index is 413. The Morgan fingerprint density at radius 3 is 2.47 bits per heavy atom. The number of Topliss-reactive ketones (excluding diaryl/α,β-unsaturated/α-hetero) is 1. The van der Waals surface area contributed by atoms with Gasteiger partial charge in [-0.2, -0.15) is 16.9 Å². The predicted octanol–water partition coefficient (Wildman–Crippen LogP) is 3.74. The van der Waals surface area contributed by atoms with Crippen molar-refractivity contribution in [1.29, 1.82) is 0 Å². The second kappa shape index (κ2) is 8.41. The summed E-state index contributed by atoms with van der Waals surface area (Å²) in [5.41, 5.74) is 3.01. The van der Waals surface area contributed by atoms with Gasteiger partial charge in [0.25, 0.3) is 0 Å². The lowest BCUT2D eigenvalue weighted by Crippen LogP contribution is -2.08. The van der Waals surface area contributed by atoms with Gasteiger partial charge in [-0.05, 0) is 30.8 Å². The van der Waals surface area contributed by atoms with Gasteiger partial charge in [-0.3, -0.25) is 9.48 Å². The van der Waals surface area contributed by atoms with E-state index < -0.39 is 0 Å². The number of carbonyl (C=O) groups is 1. The highest BCUT2D eigenvalue weighted by Crippen LogP contribution is 2.19. The van der Waals surface area contributed by atoms with Crippen LogP contribution in [0.25, 0.3) is 0 Å². The van der Waals surface area contributed by atoms with Gasteiger partial charge in [0.1, 0.15) is 0 Å². The number of thioether (sulfide) groups is 1. The molecule has 0 radical (unpaired) electrons. The molecule has 0 saturated carbocycles. The molecule has 0 aliphatic heterocycles. The zero-order valence-electron chi connectivity index (χ0n) is 12.7. The number of ketones is 1. The van der Waals surface area contributed by atoms with E-state index in [2.05, 4.69) is 30.6 Å². The molecule has 1 rings (SSSR count). The molecule has 1 aromatic heterocycles. The second-order valence-electron chi connectivity index (χ2n) is 4.53. The third-order valence-corrected chi connectivity index (χ3v) is 4.25. The van der Waals surface area contributed by atoms with Gasteiger partial charge in [0.15, 0.2) is 5.78 Å². The summed E-state index contributed by atoms with van der Waals surface area (Å²) in [7, 11) is 0. The highest BCUT2D eigenvalue weighted by Gasteiger charge is 2.19. The number of nitrogens with zero attached hydrogens (tertiary/aromatic N) is 2. The van der Waals surface area contributed by atoms with E-state index >= 15 is 0 Å². The molecule has 0 aliphatic carbocycles. The molecule has 0 amide bonds. The SMILES string of the molecule is CCSCCCn1nc(CC)c(C(=O)CC)c1CC. The van der Waals surface area contributed by atoms with Gasteiger partial charge >= 0.3 is 0 Å². The second-order valence-corrected chi connectivity index (χ2v) is 5.92. The molecule has 0 fully saturated rings. The summed E-state index contributed by atoms with van der Waals surface area (Å²) >= 11 is 1.96. The van der Waals surface area contributed by atoms with Gasteiger partial charge < -0.3 is 0 Å². The molecule has 1 heterocycles. The molecular weight excluding hydrogens is 256 g/mol. The molecule has 108 valence electrons. The summed E-state index contributed by atoms with van der Waals surface area (Å²) in [6.45, 7) is 9.23. The maximum absolute atomic E-state index is 12.1. The van der Waals surface area contributed by atoms with Crippen molar-refractivity contribution in [1.82, 2.24) is 9.78 Å². The quantitative estimate of drug-likeness (QED) is 0.511. The first-order chi connectivity index (χ1) is 9.19. The largest absolute Gasteiger partial charge is 0.294 e. The first-order valence-electron chi connectivity index (χ1n) is 7.38. The van der Waals surface area contributed by atoms with Crippen LogP contribution < -0.4 is 0 Å². The van der Waals surface area contributed by atoms with Crippen molar-refractivity contribution < 1.29 is 4.79 Å². The molecule has 0 bridgehead atoms. The van der Waals surface area contributed by atoms with E-state index in [0.29, 0.717) is 6.42 Å². The highest BCUT2D eigenvalue weighted by atomic mass is 32.2. The normalized spacial score (nSPS) is 10.9. The minimum absolute atomic E-state index is 0.239. The van der Waals surface area contributed by atoms with Crippen LogP contribution in [0.5, 0.6) is 0 Å². The zero-order valence-corrected chi connectivity index (χ0v) is 13.5. The van der Waals surface area contributed by atoms with Crippen molar-refractivity contribution in [2.45, 2.75) is 59.9 Å². The first-order valence-corrected chi connectivity index (χ1v) is 8.54. The summed E-state index contributed by atoms with van der Waals surface area (Å²) < 4.78 is 2.07.